The van der Waals surface area contributed by atoms with Gasteiger partial charge in [-0.15, -0.1) is 0 Å². The number of nitrogens with zero attached hydrogens (tertiary/aromatic N) is 1. The molecular formula is C48H80NO10P. The molecular weight excluding hydrogens is 781 g/mol. The van der Waals surface area contributed by atoms with Crippen LogP contribution in [0, 0.1) is 13.8 Å². The molecule has 60 heavy (non-hydrogen) atoms. The Morgan fingerprint density at radius 2 is 1.37 bits per heavy atom. The number of likely N-dealkylation sites (N-methyl/N-ethyl adjacent to an activating group) is 1. The van der Waals surface area contributed by atoms with E-state index in [1.807, 2.05) is 63.7 Å². The normalized spacial score (nSPS) is 14.6. The number of carbonyl (C=O) groups excluding carboxylic acids is 2. The summed E-state index contributed by atoms with van der Waals surface area (Å²) in [6.07, 6.45) is 34.2. The summed E-state index contributed by atoms with van der Waals surface area (Å²) in [4.78, 5) is 37.6. The van der Waals surface area contributed by atoms with Crippen molar-refractivity contribution in [1.82, 2.24) is 0 Å². The number of phosphoric acid groups is 1. The third-order valence-electron chi connectivity index (χ3n) is 9.81. The Morgan fingerprint density at radius 3 is 2.05 bits per heavy atom. The van der Waals surface area contributed by atoms with Crippen LogP contribution in [0.25, 0.3) is 0 Å². The van der Waals surface area contributed by atoms with Gasteiger partial charge in [-0.25, -0.2) is 0 Å². The van der Waals surface area contributed by atoms with Crippen molar-refractivity contribution in [3.63, 3.8) is 0 Å². The second kappa shape index (κ2) is 33.6. The minimum atomic E-state index is -4.67. The van der Waals surface area contributed by atoms with Crippen LogP contribution in [0.4, 0.5) is 0 Å². The van der Waals surface area contributed by atoms with E-state index in [1.165, 1.54) is 24.0 Å². The SMILES string of the molecule is CC/C=C\C/C=C\CC(O)/C=C/C=C\C/C=C\CCCC(=O)O[C@H](COC(=O)CCCCCCCCCCc1oc(CCC)c(C)c1C)COP(=O)([O-])OCC[N+](C)(C)C. The number of quaternary nitrogens is 1. The van der Waals surface area contributed by atoms with E-state index in [9.17, 15) is 24.2 Å². The maximum Gasteiger partial charge on any atom is 0.306 e. The van der Waals surface area contributed by atoms with Crippen molar-refractivity contribution in [2.75, 3.05) is 47.5 Å². The lowest BCUT2D eigenvalue weighted by Crippen LogP contribution is -2.37. The van der Waals surface area contributed by atoms with Gasteiger partial charge < -0.3 is 37.4 Å². The summed E-state index contributed by atoms with van der Waals surface area (Å²) in [5.74, 6) is 1.31. The molecule has 0 fully saturated rings. The smallest absolute Gasteiger partial charge is 0.306 e. The Balaban J connectivity index is 2.41. The van der Waals surface area contributed by atoms with Crippen LogP contribution < -0.4 is 4.89 Å². The maximum atomic E-state index is 12.7. The van der Waals surface area contributed by atoms with Crippen molar-refractivity contribution in [2.24, 2.45) is 0 Å². The van der Waals surface area contributed by atoms with E-state index in [0.717, 1.165) is 75.7 Å². The Bertz CT molecular complexity index is 1500. The molecule has 12 heteroatoms. The number of hydrogen-bond acceptors (Lipinski definition) is 10. The van der Waals surface area contributed by atoms with Crippen molar-refractivity contribution in [2.45, 2.75) is 162 Å². The Labute approximate surface area is 363 Å². The zero-order valence-electron chi connectivity index (χ0n) is 38.2. The molecule has 342 valence electrons. The van der Waals surface area contributed by atoms with Crippen LogP contribution in [0.1, 0.15) is 146 Å². The Kier molecular flexibility index (Phi) is 30.7. The van der Waals surface area contributed by atoms with E-state index in [0.29, 0.717) is 43.1 Å². The summed E-state index contributed by atoms with van der Waals surface area (Å²) in [6, 6.07) is 0. The summed E-state index contributed by atoms with van der Waals surface area (Å²) in [6.45, 7) is 8.15. The van der Waals surface area contributed by atoms with Crippen LogP contribution in [-0.2, 0) is 45.5 Å². The largest absolute Gasteiger partial charge is 0.756 e. The van der Waals surface area contributed by atoms with E-state index in [1.54, 1.807) is 6.08 Å². The number of aliphatic hydroxyl groups excluding tert-OH is 1. The zero-order chi connectivity index (χ0) is 44.5. The summed E-state index contributed by atoms with van der Waals surface area (Å²) < 4.78 is 40.0. The first-order valence-electron chi connectivity index (χ1n) is 22.5. The van der Waals surface area contributed by atoms with Gasteiger partial charge in [0.05, 0.1) is 33.9 Å². The number of rotatable bonds is 36. The molecule has 0 bridgehead atoms. The standard InChI is InChI=1S/C48H80NO10P/c1-8-10-11-12-21-26-32-43(50)33-27-22-17-13-15-20-25-30-36-48(52)58-44(40-57-60(53,54)56-38-37-49(5,6)7)39-55-47(51)35-29-24-19-16-14-18-23-28-34-46-42(4)41(3)45(59-46)31-9-2/h10-11,15,17,20-22,26-27,33,43-44,50H,8-9,12-14,16,18-19,23-25,28-32,34-40H2,1-7H3/b11-10-,20-15-,22-17-,26-21-,33-27+/t43?,44-/m1/s1. The number of phosphoric ester groups is 1. The van der Waals surface area contributed by atoms with Gasteiger partial charge >= 0.3 is 11.9 Å². The van der Waals surface area contributed by atoms with Crippen LogP contribution in [0.3, 0.4) is 0 Å². The molecule has 1 heterocycles. The molecule has 3 atom stereocenters. The van der Waals surface area contributed by atoms with Crippen molar-refractivity contribution >= 4 is 19.8 Å². The predicted octanol–water partition coefficient (Wildman–Crippen LogP) is 10.5. The first kappa shape index (κ1) is 55.0. The molecule has 0 aliphatic rings. The summed E-state index contributed by atoms with van der Waals surface area (Å²) in [5, 5.41) is 10.0. The third kappa shape index (κ3) is 30.1. The van der Waals surface area contributed by atoms with Crippen LogP contribution in [0.15, 0.2) is 65.2 Å². The highest BCUT2D eigenvalue weighted by Gasteiger charge is 2.22. The first-order valence-corrected chi connectivity index (χ1v) is 23.9. The van der Waals surface area contributed by atoms with Crippen LogP contribution in [-0.4, -0.2) is 81.2 Å². The van der Waals surface area contributed by atoms with Gasteiger partial charge in [0.1, 0.15) is 31.3 Å². The Morgan fingerprint density at radius 1 is 0.750 bits per heavy atom. The third-order valence-corrected chi connectivity index (χ3v) is 10.8. The molecule has 1 aromatic rings. The van der Waals surface area contributed by atoms with Crippen LogP contribution >= 0.6 is 7.82 Å². The van der Waals surface area contributed by atoms with E-state index >= 15 is 0 Å². The number of aryl methyl sites for hydroxylation is 2. The fourth-order valence-corrected chi connectivity index (χ4v) is 6.78. The number of esters is 2. The average Bonchev–Trinajstić information content (AvgIpc) is 3.45. The molecule has 1 rings (SSSR count). The average molecular weight is 862 g/mol. The number of ether oxygens (including phenoxy) is 2. The monoisotopic (exact) mass is 862 g/mol. The second-order valence-electron chi connectivity index (χ2n) is 16.5. The number of allylic oxidation sites excluding steroid dienone is 8. The topological polar surface area (TPSA) is 145 Å². The van der Waals surface area contributed by atoms with Gasteiger partial charge in [0.2, 0.25) is 0 Å². The molecule has 0 amide bonds. The van der Waals surface area contributed by atoms with Gasteiger partial charge in [-0.05, 0) is 82.8 Å². The van der Waals surface area contributed by atoms with E-state index in [-0.39, 0.29) is 26.1 Å². The molecule has 0 aliphatic heterocycles. The highest BCUT2D eigenvalue weighted by molar-refractivity contribution is 7.45. The molecule has 1 N–H and O–H groups in total. The number of carbonyl (C=O) groups is 2. The minimum absolute atomic E-state index is 0.0621. The summed E-state index contributed by atoms with van der Waals surface area (Å²) >= 11 is 0. The van der Waals surface area contributed by atoms with Crippen LogP contribution in [0.2, 0.25) is 0 Å². The minimum Gasteiger partial charge on any atom is -0.756 e. The van der Waals surface area contributed by atoms with Gasteiger partial charge in [-0.2, -0.15) is 0 Å². The van der Waals surface area contributed by atoms with Crippen molar-refractivity contribution in [3.05, 3.63) is 83.4 Å². The lowest BCUT2D eigenvalue weighted by atomic mass is 10.0. The fourth-order valence-electron chi connectivity index (χ4n) is 6.06. The molecule has 2 unspecified atom stereocenters. The zero-order valence-corrected chi connectivity index (χ0v) is 39.1. The second-order valence-corrected chi connectivity index (χ2v) is 17.9. The first-order chi connectivity index (χ1) is 28.7. The Hall–Kier alpha value is -3.05. The molecule has 0 saturated heterocycles. The van der Waals surface area contributed by atoms with Gasteiger partial charge in [0.15, 0.2) is 6.10 Å². The highest BCUT2D eigenvalue weighted by atomic mass is 31.2. The molecule has 11 nitrogen and oxygen atoms in total. The summed E-state index contributed by atoms with van der Waals surface area (Å²) in [5.41, 5.74) is 2.61. The van der Waals surface area contributed by atoms with Crippen molar-refractivity contribution in [1.29, 1.82) is 0 Å². The lowest BCUT2D eigenvalue weighted by molar-refractivity contribution is -0.870. The van der Waals surface area contributed by atoms with E-state index in [2.05, 4.69) is 39.8 Å². The van der Waals surface area contributed by atoms with Gasteiger partial charge in [0.25, 0.3) is 7.82 Å². The van der Waals surface area contributed by atoms with Crippen LogP contribution in [0.5, 0.6) is 0 Å². The van der Waals surface area contributed by atoms with Gasteiger partial charge in [-0.1, -0.05) is 113 Å². The van der Waals surface area contributed by atoms with Crippen molar-refractivity contribution in [3.8, 4) is 0 Å². The lowest BCUT2D eigenvalue weighted by Gasteiger charge is -2.28. The van der Waals surface area contributed by atoms with Gasteiger partial charge in [0, 0.05) is 25.7 Å². The van der Waals surface area contributed by atoms with Crippen molar-refractivity contribution < 1.29 is 51.6 Å². The van der Waals surface area contributed by atoms with Gasteiger partial charge in [-0.3, -0.25) is 14.2 Å². The van der Waals surface area contributed by atoms with E-state index in [4.69, 9.17) is 22.9 Å². The quantitative estimate of drug-likeness (QED) is 0.0173. The number of furan rings is 1. The molecule has 0 aromatic carbocycles. The highest BCUT2D eigenvalue weighted by Crippen LogP contribution is 2.38. The maximum absolute atomic E-state index is 12.7. The molecule has 0 aliphatic carbocycles. The van der Waals surface area contributed by atoms with E-state index < -0.39 is 38.6 Å². The predicted molar refractivity (Wildman–Crippen MR) is 240 cm³/mol. The summed E-state index contributed by atoms with van der Waals surface area (Å²) in [7, 11) is 1.06. The number of unbranched alkanes of at least 4 members (excludes halogenated alkanes) is 8. The number of hydrogen-bond donors (Lipinski definition) is 1. The molecule has 0 saturated carbocycles. The molecule has 1 aromatic heterocycles. The molecule has 0 radical (unpaired) electrons. The fraction of sp³-hybridized carbons (Fsp3) is 0.667. The molecule has 0 spiro atoms. The number of aliphatic hydroxyl groups is 1.